The standard InChI is InChI=1S/C19H19ClFNO3/c1-25-17-9-8-12(20)11-14(17)18(13-5-2-3-6-15(13)21)22-10-4-7-16(22)19(23)24/h2-3,5-6,8-9,11,16,18H,4,7,10H2,1H3,(H,23,24). The van der Waals surface area contributed by atoms with Crippen molar-refractivity contribution < 1.29 is 19.0 Å². The van der Waals surface area contributed by atoms with Gasteiger partial charge in [0.05, 0.1) is 13.2 Å². The average molecular weight is 364 g/mol. The van der Waals surface area contributed by atoms with Gasteiger partial charge in [0.25, 0.3) is 0 Å². The van der Waals surface area contributed by atoms with Crippen LogP contribution in [0.15, 0.2) is 42.5 Å². The molecule has 0 spiro atoms. The van der Waals surface area contributed by atoms with Crippen LogP contribution in [0, 0.1) is 5.82 Å². The first-order valence-electron chi connectivity index (χ1n) is 8.09. The minimum Gasteiger partial charge on any atom is -0.496 e. The molecule has 0 aromatic heterocycles. The van der Waals surface area contributed by atoms with Crippen LogP contribution in [-0.2, 0) is 4.79 Å². The van der Waals surface area contributed by atoms with Gasteiger partial charge in [0, 0.05) is 22.7 Å². The maximum atomic E-state index is 14.6. The Hall–Kier alpha value is -2.11. The van der Waals surface area contributed by atoms with Crippen molar-refractivity contribution >= 4 is 17.6 Å². The molecule has 1 aliphatic heterocycles. The number of benzene rings is 2. The van der Waals surface area contributed by atoms with Crippen molar-refractivity contribution in [1.29, 1.82) is 0 Å². The summed E-state index contributed by atoms with van der Waals surface area (Å²) in [5.41, 5.74) is 1.07. The summed E-state index contributed by atoms with van der Waals surface area (Å²) in [6.45, 7) is 0.561. The fourth-order valence-corrected chi connectivity index (χ4v) is 3.68. The van der Waals surface area contributed by atoms with E-state index < -0.39 is 18.1 Å². The van der Waals surface area contributed by atoms with E-state index in [1.165, 1.54) is 13.2 Å². The number of rotatable bonds is 5. The molecule has 0 saturated carbocycles. The molecule has 25 heavy (non-hydrogen) atoms. The first-order valence-corrected chi connectivity index (χ1v) is 8.47. The fourth-order valence-electron chi connectivity index (χ4n) is 3.50. The first kappa shape index (κ1) is 17.7. The van der Waals surface area contributed by atoms with E-state index in [9.17, 15) is 14.3 Å². The van der Waals surface area contributed by atoms with Gasteiger partial charge in [0.2, 0.25) is 0 Å². The fraction of sp³-hybridized carbons (Fsp3) is 0.316. The number of halogens is 2. The van der Waals surface area contributed by atoms with E-state index in [-0.39, 0.29) is 5.82 Å². The van der Waals surface area contributed by atoms with E-state index in [0.717, 1.165) is 6.42 Å². The minimum atomic E-state index is -0.903. The monoisotopic (exact) mass is 363 g/mol. The number of hydrogen-bond acceptors (Lipinski definition) is 3. The molecule has 4 nitrogen and oxygen atoms in total. The lowest BCUT2D eigenvalue weighted by molar-refractivity contribution is -0.142. The number of hydrogen-bond donors (Lipinski definition) is 1. The number of likely N-dealkylation sites (tertiary alicyclic amines) is 1. The Balaban J connectivity index is 2.18. The quantitative estimate of drug-likeness (QED) is 0.867. The van der Waals surface area contributed by atoms with Crippen LogP contribution in [-0.4, -0.2) is 35.7 Å². The Labute approximate surface area is 150 Å². The van der Waals surface area contributed by atoms with Crippen LogP contribution in [0.4, 0.5) is 4.39 Å². The molecule has 2 aromatic rings. The molecule has 6 heteroatoms. The van der Waals surface area contributed by atoms with Crippen LogP contribution in [0.25, 0.3) is 0 Å². The molecular weight excluding hydrogens is 345 g/mol. The molecule has 2 atom stereocenters. The average Bonchev–Trinajstić information content (AvgIpc) is 3.07. The van der Waals surface area contributed by atoms with Gasteiger partial charge in [0.15, 0.2) is 0 Å². The van der Waals surface area contributed by atoms with Crippen molar-refractivity contribution in [1.82, 2.24) is 4.90 Å². The molecule has 1 fully saturated rings. The molecule has 1 saturated heterocycles. The van der Waals surface area contributed by atoms with E-state index in [4.69, 9.17) is 16.3 Å². The molecule has 0 aliphatic carbocycles. The van der Waals surface area contributed by atoms with Gasteiger partial charge in [-0.2, -0.15) is 0 Å². The zero-order valence-corrected chi connectivity index (χ0v) is 14.5. The van der Waals surface area contributed by atoms with Crippen molar-refractivity contribution in [3.63, 3.8) is 0 Å². The molecule has 0 radical (unpaired) electrons. The van der Waals surface area contributed by atoms with E-state index in [2.05, 4.69) is 0 Å². The second kappa shape index (κ2) is 7.42. The van der Waals surface area contributed by atoms with Gasteiger partial charge in [-0.1, -0.05) is 29.8 Å². The third-order valence-corrected chi connectivity index (χ3v) is 4.83. The van der Waals surface area contributed by atoms with Crippen molar-refractivity contribution in [2.24, 2.45) is 0 Å². The SMILES string of the molecule is COc1ccc(Cl)cc1C(c1ccccc1F)N1CCCC1C(=O)O. The number of carboxylic acid groups (broad SMARTS) is 1. The summed E-state index contributed by atoms with van der Waals surface area (Å²) in [5, 5.41) is 10.1. The highest BCUT2D eigenvalue weighted by Gasteiger charge is 2.38. The predicted octanol–water partition coefficient (Wildman–Crippen LogP) is 4.13. The Morgan fingerprint density at radius 3 is 2.76 bits per heavy atom. The summed E-state index contributed by atoms with van der Waals surface area (Å²) in [7, 11) is 1.53. The summed E-state index contributed by atoms with van der Waals surface area (Å²) in [5.74, 6) is -0.737. The zero-order valence-electron chi connectivity index (χ0n) is 13.8. The highest BCUT2D eigenvalue weighted by Crippen LogP contribution is 2.40. The first-order chi connectivity index (χ1) is 12.0. The van der Waals surface area contributed by atoms with Gasteiger partial charge in [-0.25, -0.2) is 4.39 Å². The van der Waals surface area contributed by atoms with E-state index in [0.29, 0.717) is 34.9 Å². The maximum Gasteiger partial charge on any atom is 0.320 e. The number of carboxylic acids is 1. The second-order valence-corrected chi connectivity index (χ2v) is 6.48. The van der Waals surface area contributed by atoms with Gasteiger partial charge < -0.3 is 9.84 Å². The van der Waals surface area contributed by atoms with Gasteiger partial charge >= 0.3 is 5.97 Å². The Morgan fingerprint density at radius 1 is 1.32 bits per heavy atom. The second-order valence-electron chi connectivity index (χ2n) is 6.04. The van der Waals surface area contributed by atoms with Crippen LogP contribution in [0.1, 0.15) is 30.0 Å². The summed E-state index contributed by atoms with van der Waals surface area (Å²) in [4.78, 5) is 13.5. The lowest BCUT2D eigenvalue weighted by Crippen LogP contribution is -2.39. The molecule has 0 bridgehead atoms. The molecule has 2 aromatic carbocycles. The molecule has 1 heterocycles. The van der Waals surface area contributed by atoms with E-state index in [1.54, 1.807) is 36.4 Å². The number of ether oxygens (including phenoxy) is 1. The maximum absolute atomic E-state index is 14.6. The number of carbonyl (C=O) groups is 1. The summed E-state index contributed by atoms with van der Waals surface area (Å²) in [6, 6.07) is 10.3. The van der Waals surface area contributed by atoms with E-state index in [1.807, 2.05) is 4.90 Å². The minimum absolute atomic E-state index is 0.384. The molecule has 2 unspecified atom stereocenters. The number of nitrogens with zero attached hydrogens (tertiary/aromatic N) is 1. The molecular formula is C19H19ClFNO3. The van der Waals surface area contributed by atoms with Crippen LogP contribution in [0.5, 0.6) is 5.75 Å². The van der Waals surface area contributed by atoms with Gasteiger partial charge in [-0.05, 0) is 37.1 Å². The Kier molecular flexibility index (Phi) is 5.25. The van der Waals surface area contributed by atoms with Crippen LogP contribution in [0.3, 0.4) is 0 Å². The summed E-state index contributed by atoms with van der Waals surface area (Å²) < 4.78 is 20.0. The molecule has 0 amide bonds. The molecule has 1 N–H and O–H groups in total. The topological polar surface area (TPSA) is 49.8 Å². The zero-order chi connectivity index (χ0) is 18.0. The van der Waals surface area contributed by atoms with E-state index >= 15 is 0 Å². The van der Waals surface area contributed by atoms with Crippen molar-refractivity contribution in [2.75, 3.05) is 13.7 Å². The molecule has 132 valence electrons. The summed E-state index contributed by atoms with van der Waals surface area (Å²) >= 11 is 6.17. The van der Waals surface area contributed by atoms with Gasteiger partial charge in [-0.15, -0.1) is 0 Å². The van der Waals surface area contributed by atoms with Crippen molar-refractivity contribution in [3.8, 4) is 5.75 Å². The van der Waals surface area contributed by atoms with Crippen LogP contribution in [0.2, 0.25) is 5.02 Å². The number of methoxy groups -OCH3 is 1. The molecule has 3 rings (SSSR count). The number of aliphatic carboxylic acids is 1. The van der Waals surface area contributed by atoms with Crippen molar-refractivity contribution in [3.05, 3.63) is 64.4 Å². The third kappa shape index (κ3) is 3.48. The highest BCUT2D eigenvalue weighted by molar-refractivity contribution is 6.30. The van der Waals surface area contributed by atoms with Crippen LogP contribution < -0.4 is 4.74 Å². The third-order valence-electron chi connectivity index (χ3n) is 4.60. The predicted molar refractivity (Wildman–Crippen MR) is 93.6 cm³/mol. The van der Waals surface area contributed by atoms with Gasteiger partial charge in [-0.3, -0.25) is 9.69 Å². The lowest BCUT2D eigenvalue weighted by Gasteiger charge is -2.33. The van der Waals surface area contributed by atoms with Gasteiger partial charge in [0.1, 0.15) is 17.6 Å². The summed E-state index contributed by atoms with van der Waals surface area (Å²) in [6.07, 6.45) is 1.27. The smallest absolute Gasteiger partial charge is 0.320 e. The Bertz CT molecular complexity index is 783. The van der Waals surface area contributed by atoms with Crippen LogP contribution >= 0.6 is 11.6 Å². The normalized spacial score (nSPS) is 18.9. The highest BCUT2D eigenvalue weighted by atomic mass is 35.5. The van der Waals surface area contributed by atoms with Crippen molar-refractivity contribution in [2.45, 2.75) is 24.9 Å². The Morgan fingerprint density at radius 2 is 2.08 bits per heavy atom. The molecule has 1 aliphatic rings. The largest absolute Gasteiger partial charge is 0.496 e. The lowest BCUT2D eigenvalue weighted by atomic mass is 9.95.